The van der Waals surface area contributed by atoms with Crippen LogP contribution in [0, 0.1) is 10.1 Å². The standard InChI is InChI=1S/C9H13N3O3/c1-2-7(6-13)11-9-4-3-8(5-10-9)12(14)15/h3-5,7,13H,2,6H2,1H3,(H,10,11). The lowest BCUT2D eigenvalue weighted by Gasteiger charge is -2.13. The van der Waals surface area contributed by atoms with Crippen molar-refractivity contribution in [3.63, 3.8) is 0 Å². The van der Waals surface area contributed by atoms with Crippen LogP contribution in [0.5, 0.6) is 0 Å². The van der Waals surface area contributed by atoms with Crippen LogP contribution in [0.25, 0.3) is 0 Å². The van der Waals surface area contributed by atoms with Crippen molar-refractivity contribution in [1.82, 2.24) is 4.98 Å². The van der Waals surface area contributed by atoms with E-state index in [9.17, 15) is 10.1 Å². The molecule has 1 aromatic rings. The highest BCUT2D eigenvalue weighted by Gasteiger charge is 2.08. The molecule has 0 aliphatic carbocycles. The van der Waals surface area contributed by atoms with Crippen LogP contribution in [-0.4, -0.2) is 27.7 Å². The number of pyridine rings is 1. The summed E-state index contributed by atoms with van der Waals surface area (Å²) in [5.41, 5.74) is -0.0439. The van der Waals surface area contributed by atoms with E-state index in [0.29, 0.717) is 5.82 Å². The fourth-order valence-corrected chi connectivity index (χ4v) is 1.07. The molecule has 0 saturated carbocycles. The first-order valence-electron chi connectivity index (χ1n) is 4.65. The predicted octanol–water partition coefficient (Wildman–Crippen LogP) is 1.17. The summed E-state index contributed by atoms with van der Waals surface area (Å²) in [5.74, 6) is 0.529. The van der Waals surface area contributed by atoms with Gasteiger partial charge in [-0.3, -0.25) is 10.1 Å². The minimum atomic E-state index is -0.500. The summed E-state index contributed by atoms with van der Waals surface area (Å²) in [6, 6.07) is 2.83. The lowest BCUT2D eigenvalue weighted by Crippen LogP contribution is -2.23. The van der Waals surface area contributed by atoms with E-state index in [2.05, 4.69) is 10.3 Å². The molecule has 0 amide bonds. The largest absolute Gasteiger partial charge is 0.394 e. The number of aromatic nitrogens is 1. The molecule has 6 heteroatoms. The maximum Gasteiger partial charge on any atom is 0.287 e. The summed E-state index contributed by atoms with van der Waals surface area (Å²) in [4.78, 5) is 13.7. The molecule has 6 nitrogen and oxygen atoms in total. The van der Waals surface area contributed by atoms with E-state index in [-0.39, 0.29) is 18.3 Å². The first-order chi connectivity index (χ1) is 7.17. The zero-order valence-corrected chi connectivity index (χ0v) is 8.38. The number of aliphatic hydroxyl groups is 1. The number of anilines is 1. The van der Waals surface area contributed by atoms with Gasteiger partial charge in [0.1, 0.15) is 12.0 Å². The van der Waals surface area contributed by atoms with E-state index < -0.39 is 4.92 Å². The average molecular weight is 211 g/mol. The van der Waals surface area contributed by atoms with Crippen LogP contribution in [0.15, 0.2) is 18.3 Å². The zero-order chi connectivity index (χ0) is 11.3. The molecule has 0 spiro atoms. The lowest BCUT2D eigenvalue weighted by molar-refractivity contribution is -0.385. The Balaban J connectivity index is 2.67. The molecule has 1 unspecified atom stereocenters. The van der Waals surface area contributed by atoms with Crippen LogP contribution in [0.3, 0.4) is 0 Å². The molecule has 0 saturated heterocycles. The molecule has 1 rings (SSSR count). The van der Waals surface area contributed by atoms with Gasteiger partial charge in [0.25, 0.3) is 5.69 Å². The third-order valence-electron chi connectivity index (χ3n) is 2.02. The van der Waals surface area contributed by atoms with Crippen LogP contribution >= 0.6 is 0 Å². The fraction of sp³-hybridized carbons (Fsp3) is 0.444. The molecule has 1 atom stereocenters. The van der Waals surface area contributed by atoms with E-state index in [1.54, 1.807) is 0 Å². The molecule has 2 N–H and O–H groups in total. The first-order valence-corrected chi connectivity index (χ1v) is 4.65. The van der Waals surface area contributed by atoms with Crippen LogP contribution in [0.2, 0.25) is 0 Å². The van der Waals surface area contributed by atoms with Crippen LogP contribution in [-0.2, 0) is 0 Å². The minimum Gasteiger partial charge on any atom is -0.394 e. The van der Waals surface area contributed by atoms with Crippen LogP contribution in [0.1, 0.15) is 13.3 Å². The maximum atomic E-state index is 10.4. The summed E-state index contributed by atoms with van der Waals surface area (Å²) in [7, 11) is 0. The Morgan fingerprint density at radius 2 is 2.40 bits per heavy atom. The molecule has 0 bridgehead atoms. The molecular formula is C9H13N3O3. The first kappa shape index (κ1) is 11.4. The highest BCUT2D eigenvalue weighted by atomic mass is 16.6. The van der Waals surface area contributed by atoms with Gasteiger partial charge in [0, 0.05) is 6.07 Å². The van der Waals surface area contributed by atoms with E-state index in [0.717, 1.165) is 6.42 Å². The Bertz CT molecular complexity index is 322. The van der Waals surface area contributed by atoms with Crippen LogP contribution in [0.4, 0.5) is 11.5 Å². The number of hydrogen-bond acceptors (Lipinski definition) is 5. The zero-order valence-electron chi connectivity index (χ0n) is 8.38. The monoisotopic (exact) mass is 211 g/mol. The van der Waals surface area contributed by atoms with Gasteiger partial charge in [-0.25, -0.2) is 4.98 Å². The van der Waals surface area contributed by atoms with Crippen molar-refractivity contribution >= 4 is 11.5 Å². The topological polar surface area (TPSA) is 88.3 Å². The molecular weight excluding hydrogens is 198 g/mol. The second-order valence-electron chi connectivity index (χ2n) is 3.09. The molecule has 82 valence electrons. The SMILES string of the molecule is CCC(CO)Nc1ccc([N+](=O)[O-])cn1. The molecule has 1 heterocycles. The number of aliphatic hydroxyl groups excluding tert-OH is 1. The van der Waals surface area contributed by atoms with Crippen molar-refractivity contribution in [2.24, 2.45) is 0 Å². The summed E-state index contributed by atoms with van der Waals surface area (Å²) < 4.78 is 0. The summed E-state index contributed by atoms with van der Waals surface area (Å²) in [6.45, 7) is 1.94. The van der Waals surface area contributed by atoms with Gasteiger partial charge in [-0.1, -0.05) is 6.92 Å². The Morgan fingerprint density at radius 3 is 2.80 bits per heavy atom. The van der Waals surface area contributed by atoms with Gasteiger partial charge in [-0.05, 0) is 12.5 Å². The lowest BCUT2D eigenvalue weighted by atomic mass is 10.2. The predicted molar refractivity (Wildman–Crippen MR) is 55.7 cm³/mol. The number of nitrogens with one attached hydrogen (secondary N) is 1. The molecule has 0 aliphatic rings. The third kappa shape index (κ3) is 3.17. The van der Waals surface area contributed by atoms with Crippen molar-refractivity contribution in [2.75, 3.05) is 11.9 Å². The Morgan fingerprint density at radius 1 is 1.67 bits per heavy atom. The van der Waals surface area contributed by atoms with Gasteiger partial charge in [-0.2, -0.15) is 0 Å². The summed E-state index contributed by atoms with van der Waals surface area (Å²) in [5, 5.41) is 22.2. The minimum absolute atomic E-state index is 0.00909. The van der Waals surface area contributed by atoms with Crippen molar-refractivity contribution in [3.8, 4) is 0 Å². The normalized spacial score (nSPS) is 12.1. The van der Waals surface area contributed by atoms with Gasteiger partial charge in [0.15, 0.2) is 0 Å². The van der Waals surface area contributed by atoms with Gasteiger partial charge in [0.2, 0.25) is 0 Å². The van der Waals surface area contributed by atoms with Crippen LogP contribution < -0.4 is 5.32 Å². The number of nitro groups is 1. The molecule has 0 aliphatic heterocycles. The smallest absolute Gasteiger partial charge is 0.287 e. The van der Waals surface area contributed by atoms with E-state index in [4.69, 9.17) is 5.11 Å². The molecule has 0 radical (unpaired) electrons. The van der Waals surface area contributed by atoms with Gasteiger partial charge < -0.3 is 10.4 Å². The summed E-state index contributed by atoms with van der Waals surface area (Å²) >= 11 is 0. The quantitative estimate of drug-likeness (QED) is 0.563. The molecule has 1 aromatic heterocycles. The van der Waals surface area contributed by atoms with E-state index >= 15 is 0 Å². The maximum absolute atomic E-state index is 10.4. The Kier molecular flexibility index (Phi) is 3.99. The molecule has 15 heavy (non-hydrogen) atoms. The second kappa shape index (κ2) is 5.26. The highest BCUT2D eigenvalue weighted by molar-refractivity contribution is 5.40. The van der Waals surface area contributed by atoms with Crippen molar-refractivity contribution in [1.29, 1.82) is 0 Å². The fourth-order valence-electron chi connectivity index (χ4n) is 1.07. The van der Waals surface area contributed by atoms with Crippen molar-refractivity contribution in [3.05, 3.63) is 28.4 Å². The van der Waals surface area contributed by atoms with E-state index in [1.165, 1.54) is 18.3 Å². The number of nitrogens with zero attached hydrogens (tertiary/aromatic N) is 2. The second-order valence-corrected chi connectivity index (χ2v) is 3.09. The van der Waals surface area contributed by atoms with Crippen molar-refractivity contribution < 1.29 is 10.0 Å². The molecule has 0 fully saturated rings. The number of hydrogen-bond donors (Lipinski definition) is 2. The van der Waals surface area contributed by atoms with Gasteiger partial charge in [0.05, 0.1) is 17.6 Å². The summed E-state index contributed by atoms with van der Waals surface area (Å²) in [6.07, 6.45) is 1.95. The van der Waals surface area contributed by atoms with Gasteiger partial charge in [-0.15, -0.1) is 0 Å². The molecule has 0 aromatic carbocycles. The highest BCUT2D eigenvalue weighted by Crippen LogP contribution is 2.12. The van der Waals surface area contributed by atoms with Crippen molar-refractivity contribution in [2.45, 2.75) is 19.4 Å². The Labute approximate surface area is 87.1 Å². The van der Waals surface area contributed by atoms with E-state index in [1.807, 2.05) is 6.92 Å². The van der Waals surface area contributed by atoms with Gasteiger partial charge >= 0.3 is 0 Å². The Hall–Kier alpha value is -1.69. The number of rotatable bonds is 5. The third-order valence-corrected chi connectivity index (χ3v) is 2.02. The average Bonchev–Trinajstić information content (AvgIpc) is 2.26.